The molecule has 1 unspecified atom stereocenters. The van der Waals surface area contributed by atoms with Gasteiger partial charge < -0.3 is 25.6 Å². The Balaban J connectivity index is 1.62. The molecule has 0 bridgehead atoms. The number of morpholine rings is 1. The summed E-state index contributed by atoms with van der Waals surface area (Å²) in [6.45, 7) is 3.06. The van der Waals surface area contributed by atoms with Crippen LogP contribution in [0.4, 0.5) is 11.4 Å². The van der Waals surface area contributed by atoms with Crippen LogP contribution in [0.5, 0.6) is 0 Å². The Hall–Kier alpha value is -4.20. The lowest BCUT2D eigenvalue weighted by atomic mass is 9.99. The average Bonchev–Trinajstić information content (AvgIpc) is 3.05. The van der Waals surface area contributed by atoms with Gasteiger partial charge in [0.05, 0.1) is 13.2 Å². The predicted molar refractivity (Wildman–Crippen MR) is 133 cm³/mol. The van der Waals surface area contributed by atoms with Crippen molar-refractivity contribution < 1.29 is 14.3 Å². The molecule has 0 aromatic heterocycles. The van der Waals surface area contributed by atoms with E-state index < -0.39 is 0 Å². The van der Waals surface area contributed by atoms with Crippen molar-refractivity contribution in [3.63, 3.8) is 0 Å². The summed E-state index contributed by atoms with van der Waals surface area (Å²) in [4.78, 5) is 33.6. The van der Waals surface area contributed by atoms with Gasteiger partial charge in [0.1, 0.15) is 0 Å². The zero-order chi connectivity index (χ0) is 23.6. The number of nitrogens with zero attached hydrogens (tertiary/aromatic N) is 3. The zero-order valence-electron chi connectivity index (χ0n) is 18.6. The van der Waals surface area contributed by atoms with E-state index in [2.05, 4.69) is 31.9 Å². The molecule has 1 saturated heterocycles. The number of benzene rings is 1. The summed E-state index contributed by atoms with van der Waals surface area (Å²) in [5.74, 6) is 1.98. The van der Waals surface area contributed by atoms with E-state index in [0.717, 1.165) is 30.2 Å². The van der Waals surface area contributed by atoms with E-state index in [1.165, 1.54) is 0 Å². The van der Waals surface area contributed by atoms with Gasteiger partial charge in [-0.1, -0.05) is 30.4 Å². The highest BCUT2D eigenvalue weighted by atomic mass is 16.5. The van der Waals surface area contributed by atoms with Gasteiger partial charge in [0.25, 0.3) is 0 Å². The third kappa shape index (κ3) is 6.19. The lowest BCUT2D eigenvalue weighted by molar-refractivity contribution is -0.108. The number of anilines is 2. The maximum Gasteiger partial charge on any atom is 0.229 e. The summed E-state index contributed by atoms with van der Waals surface area (Å²) in [7, 11) is 0. The van der Waals surface area contributed by atoms with Gasteiger partial charge in [-0.15, -0.1) is 0 Å². The van der Waals surface area contributed by atoms with E-state index in [4.69, 9.17) is 9.73 Å². The van der Waals surface area contributed by atoms with Crippen LogP contribution in [0, 0.1) is 5.92 Å². The van der Waals surface area contributed by atoms with Crippen molar-refractivity contribution in [3.05, 3.63) is 78.4 Å². The first kappa shape index (κ1) is 23.0. The molecule has 4 rings (SSSR count). The summed E-state index contributed by atoms with van der Waals surface area (Å²) in [5.41, 5.74) is 3.37. The Morgan fingerprint density at radius 3 is 2.91 bits per heavy atom. The number of amides is 1. The first-order valence-electron chi connectivity index (χ1n) is 11.0. The fourth-order valence-electron chi connectivity index (χ4n) is 3.70. The Kier molecular flexibility index (Phi) is 7.84. The molecule has 2 heterocycles. The van der Waals surface area contributed by atoms with Crippen molar-refractivity contribution in [2.75, 3.05) is 36.5 Å². The van der Waals surface area contributed by atoms with Crippen molar-refractivity contribution in [1.82, 2.24) is 10.6 Å². The predicted octanol–water partition coefficient (Wildman–Crippen LogP) is 2.28. The van der Waals surface area contributed by atoms with Crippen molar-refractivity contribution in [2.45, 2.75) is 6.42 Å². The molecule has 174 valence electrons. The highest BCUT2D eigenvalue weighted by Gasteiger charge is 2.15. The molecule has 1 atom stereocenters. The molecule has 3 aliphatic rings. The molecule has 0 spiro atoms. The fraction of sp³-hybridized carbons (Fsp3) is 0.240. The summed E-state index contributed by atoms with van der Waals surface area (Å²) < 4.78 is 5.45. The van der Waals surface area contributed by atoms with Gasteiger partial charge in [0, 0.05) is 48.2 Å². The second-order valence-electron chi connectivity index (χ2n) is 7.67. The molecule has 1 fully saturated rings. The minimum absolute atomic E-state index is 0.0270. The van der Waals surface area contributed by atoms with Crippen LogP contribution in [0.2, 0.25) is 0 Å². The van der Waals surface area contributed by atoms with Crippen molar-refractivity contribution >= 4 is 35.4 Å². The van der Waals surface area contributed by atoms with Gasteiger partial charge >= 0.3 is 0 Å². The van der Waals surface area contributed by atoms with Crippen LogP contribution < -0.4 is 20.9 Å². The normalized spacial score (nSPS) is 24.4. The van der Waals surface area contributed by atoms with Crippen molar-refractivity contribution in [2.24, 2.45) is 15.9 Å². The summed E-state index contributed by atoms with van der Waals surface area (Å²) in [5, 5.41) is 8.75. The molecule has 1 amide bonds. The summed E-state index contributed by atoms with van der Waals surface area (Å²) >= 11 is 0. The molecule has 9 heteroatoms. The average molecular weight is 459 g/mol. The van der Waals surface area contributed by atoms with Gasteiger partial charge in [-0.2, -0.15) is 4.99 Å². The van der Waals surface area contributed by atoms with E-state index in [9.17, 15) is 9.59 Å². The number of hydrogen-bond acceptors (Lipinski definition) is 8. The standard InChI is InChI=1S/C25H26N6O3/c32-17-24-26-11-3-8-23(19-4-1-5-20(10-9-19)27-18-33)29-25(30-24)28-21-6-2-7-22(16-21)31-12-14-34-15-13-31/h1-7,9-11,16,18-19,26H,8,12-15H2,(H,27,33)(H,28,30)/b11-3-,29-23+. The second kappa shape index (κ2) is 11.6. The van der Waals surface area contributed by atoms with Gasteiger partial charge in [-0.25, -0.2) is 9.79 Å². The van der Waals surface area contributed by atoms with Crippen LogP contribution in [0.25, 0.3) is 0 Å². The highest BCUT2D eigenvalue weighted by molar-refractivity contribution is 6.06. The molecule has 2 aliphatic heterocycles. The van der Waals surface area contributed by atoms with Crippen LogP contribution in [0.3, 0.4) is 0 Å². The Labute approximate surface area is 198 Å². The molecule has 1 aliphatic carbocycles. The number of allylic oxidation sites excluding steroid dienone is 6. The molecule has 0 saturated carbocycles. The molecule has 1 aromatic carbocycles. The van der Waals surface area contributed by atoms with E-state index in [1.54, 1.807) is 6.20 Å². The Bertz CT molecular complexity index is 1140. The summed E-state index contributed by atoms with van der Waals surface area (Å²) in [6.07, 6.45) is 14.2. The molecular formula is C25H26N6O3. The number of nitrogens with one attached hydrogen (secondary N) is 3. The number of rotatable bonds is 5. The minimum Gasteiger partial charge on any atom is -0.378 e. The van der Waals surface area contributed by atoms with Crippen LogP contribution in [0.1, 0.15) is 6.42 Å². The van der Waals surface area contributed by atoms with E-state index >= 15 is 0 Å². The molecule has 34 heavy (non-hydrogen) atoms. The quantitative estimate of drug-likeness (QED) is 0.462. The first-order valence-corrected chi connectivity index (χ1v) is 11.0. The molecule has 1 aromatic rings. The van der Waals surface area contributed by atoms with Gasteiger partial charge in [-0.05, 0) is 36.6 Å². The third-order valence-corrected chi connectivity index (χ3v) is 5.40. The topological polar surface area (TPSA) is 107 Å². The molecule has 9 nitrogen and oxygen atoms in total. The second-order valence-corrected chi connectivity index (χ2v) is 7.67. The SMILES string of the molecule is O=C=C1/N=C(Nc2cccc(N3CCOCC3)c2)\N=C(\C2C=CC=C(NC=O)C=C2)C/C=C\N1. The number of aliphatic imine (C=N–C) groups is 2. The lowest BCUT2D eigenvalue weighted by Crippen LogP contribution is -2.36. The van der Waals surface area contributed by atoms with Crippen LogP contribution >= 0.6 is 0 Å². The Morgan fingerprint density at radius 1 is 1.21 bits per heavy atom. The smallest absolute Gasteiger partial charge is 0.229 e. The van der Waals surface area contributed by atoms with Gasteiger partial charge in [0.2, 0.25) is 18.2 Å². The number of carbonyl (C=O) groups is 1. The van der Waals surface area contributed by atoms with Gasteiger partial charge in [-0.3, -0.25) is 4.79 Å². The van der Waals surface area contributed by atoms with E-state index in [0.29, 0.717) is 31.7 Å². The maximum atomic E-state index is 11.4. The van der Waals surface area contributed by atoms with Crippen LogP contribution in [0.15, 0.2) is 88.4 Å². The molecular weight excluding hydrogens is 432 g/mol. The first-order chi connectivity index (χ1) is 16.7. The highest BCUT2D eigenvalue weighted by Crippen LogP contribution is 2.21. The molecule has 3 N–H and O–H groups in total. The minimum atomic E-state index is -0.125. The van der Waals surface area contributed by atoms with Gasteiger partial charge in [0.15, 0.2) is 5.94 Å². The van der Waals surface area contributed by atoms with Crippen molar-refractivity contribution in [3.8, 4) is 0 Å². The zero-order valence-corrected chi connectivity index (χ0v) is 18.6. The fourth-order valence-corrected chi connectivity index (χ4v) is 3.70. The van der Waals surface area contributed by atoms with Crippen LogP contribution in [-0.2, 0) is 14.3 Å². The third-order valence-electron chi connectivity index (χ3n) is 5.40. The number of ether oxygens (including phenoxy) is 1. The van der Waals surface area contributed by atoms with E-state index in [-0.39, 0.29) is 17.7 Å². The van der Waals surface area contributed by atoms with Crippen molar-refractivity contribution in [1.29, 1.82) is 0 Å². The largest absolute Gasteiger partial charge is 0.378 e. The number of carbonyl (C=O) groups excluding carboxylic acids is 2. The van der Waals surface area contributed by atoms with E-state index in [1.807, 2.05) is 60.6 Å². The van der Waals surface area contributed by atoms with Crippen LogP contribution in [-0.4, -0.2) is 50.3 Å². The lowest BCUT2D eigenvalue weighted by Gasteiger charge is -2.29. The monoisotopic (exact) mass is 458 g/mol. The Morgan fingerprint density at radius 2 is 2.09 bits per heavy atom. The maximum absolute atomic E-state index is 11.4. The molecule has 0 radical (unpaired) electrons. The summed E-state index contributed by atoms with van der Waals surface area (Å²) in [6, 6.07) is 7.97. The number of hydrogen-bond donors (Lipinski definition) is 3. The number of guanidine groups is 1.